The molecule has 0 radical (unpaired) electrons. The van der Waals surface area contributed by atoms with Crippen molar-refractivity contribution in [3.8, 4) is 11.5 Å². The van der Waals surface area contributed by atoms with Crippen LogP contribution in [0.2, 0.25) is 0 Å². The summed E-state index contributed by atoms with van der Waals surface area (Å²) >= 11 is 0. The minimum Gasteiger partial charge on any atom is -0.497 e. The van der Waals surface area contributed by atoms with E-state index in [1.807, 2.05) is 0 Å². The molecule has 3 N–H and O–H groups in total. The molecule has 9 heteroatoms. The van der Waals surface area contributed by atoms with Gasteiger partial charge in [0.15, 0.2) is 0 Å². The zero-order valence-corrected chi connectivity index (χ0v) is 17.3. The van der Waals surface area contributed by atoms with Crippen molar-refractivity contribution < 1.29 is 23.9 Å². The highest BCUT2D eigenvalue weighted by Gasteiger charge is 2.22. The zero-order chi connectivity index (χ0) is 22.1. The van der Waals surface area contributed by atoms with Crippen molar-refractivity contribution in [2.24, 2.45) is 0 Å². The number of carbonyl (C=O) groups is 3. The molecule has 2 aromatic rings. The number of hydrogen-bond donors (Lipinski definition) is 3. The third-order valence-electron chi connectivity index (χ3n) is 4.84. The van der Waals surface area contributed by atoms with E-state index >= 15 is 0 Å². The Morgan fingerprint density at radius 1 is 1.19 bits per heavy atom. The van der Waals surface area contributed by atoms with Gasteiger partial charge in [0.1, 0.15) is 24.1 Å². The maximum atomic E-state index is 12.7. The monoisotopic (exact) mass is 426 g/mol. The second-order valence-electron chi connectivity index (χ2n) is 7.02. The number of fused-ring (bicyclic) bond motifs is 1. The summed E-state index contributed by atoms with van der Waals surface area (Å²) in [4.78, 5) is 41.6. The molecule has 0 spiro atoms. The van der Waals surface area contributed by atoms with Crippen LogP contribution in [0.3, 0.4) is 0 Å². The molecule has 0 unspecified atom stereocenters. The van der Waals surface area contributed by atoms with Gasteiger partial charge in [-0.2, -0.15) is 0 Å². The molecule has 0 saturated carbocycles. The Morgan fingerprint density at radius 3 is 2.84 bits per heavy atom. The number of methoxy groups -OCH3 is 1. The number of pyridine rings is 1. The van der Waals surface area contributed by atoms with Gasteiger partial charge in [0.2, 0.25) is 5.91 Å². The third-order valence-corrected chi connectivity index (χ3v) is 4.84. The molecule has 0 bridgehead atoms. The molecule has 1 aliphatic heterocycles. The molecule has 0 aliphatic carbocycles. The van der Waals surface area contributed by atoms with E-state index in [1.54, 1.807) is 36.5 Å². The molecule has 3 amide bonds. The van der Waals surface area contributed by atoms with E-state index in [0.717, 1.165) is 0 Å². The van der Waals surface area contributed by atoms with Crippen LogP contribution in [0, 0.1) is 0 Å². The van der Waals surface area contributed by atoms with E-state index < -0.39 is 6.04 Å². The number of nitrogens with one attached hydrogen (secondary N) is 3. The number of carbonyl (C=O) groups excluding carboxylic acids is 3. The predicted octanol–water partition coefficient (Wildman–Crippen LogP) is 1.30. The number of ether oxygens (including phenoxy) is 2. The summed E-state index contributed by atoms with van der Waals surface area (Å²) in [6.45, 7) is 0.814. The molecular weight excluding hydrogens is 400 g/mol. The highest BCUT2D eigenvalue weighted by molar-refractivity contribution is 5.97. The van der Waals surface area contributed by atoms with Crippen molar-refractivity contribution >= 4 is 17.7 Å². The first-order chi connectivity index (χ1) is 15.1. The fourth-order valence-electron chi connectivity index (χ4n) is 3.17. The van der Waals surface area contributed by atoms with Crippen LogP contribution in [0.4, 0.5) is 0 Å². The Labute approximate surface area is 180 Å². The number of rotatable bonds is 3. The van der Waals surface area contributed by atoms with Crippen LogP contribution < -0.4 is 25.4 Å². The first-order valence-electron chi connectivity index (χ1n) is 10.2. The summed E-state index contributed by atoms with van der Waals surface area (Å²) < 4.78 is 10.9. The van der Waals surface area contributed by atoms with E-state index in [0.29, 0.717) is 48.4 Å². The van der Waals surface area contributed by atoms with Crippen LogP contribution in [0.5, 0.6) is 11.5 Å². The van der Waals surface area contributed by atoms with Crippen LogP contribution >= 0.6 is 0 Å². The molecule has 1 aliphatic rings. The molecule has 1 aromatic carbocycles. The van der Waals surface area contributed by atoms with E-state index in [1.165, 1.54) is 13.3 Å². The van der Waals surface area contributed by atoms with Crippen LogP contribution in [-0.2, 0) is 4.79 Å². The fourth-order valence-corrected chi connectivity index (χ4v) is 3.17. The number of benzene rings is 1. The molecule has 31 heavy (non-hydrogen) atoms. The number of nitrogens with zero attached hydrogens (tertiary/aromatic N) is 1. The van der Waals surface area contributed by atoms with Gasteiger partial charge in [-0.05, 0) is 43.5 Å². The van der Waals surface area contributed by atoms with E-state index in [4.69, 9.17) is 9.47 Å². The lowest BCUT2D eigenvalue weighted by molar-refractivity contribution is -0.123. The van der Waals surface area contributed by atoms with Gasteiger partial charge in [0.25, 0.3) is 11.8 Å². The van der Waals surface area contributed by atoms with Gasteiger partial charge in [-0.3, -0.25) is 19.4 Å². The standard InChI is InChI=1S/C22H26N4O5/c1-30-16-7-8-17-19(13-16)31-12-11-25-22(29)18(6-2-3-10-24-21(17)28)26-20(27)15-5-4-9-23-14-15/h4-5,7-9,13-14,18H,2-3,6,10-12H2,1H3,(H,24,28)(H,25,29)(H,26,27)/t18-/m0/s1. The number of aromatic nitrogens is 1. The van der Waals surface area contributed by atoms with Crippen molar-refractivity contribution in [3.05, 3.63) is 53.9 Å². The van der Waals surface area contributed by atoms with Gasteiger partial charge in [-0.25, -0.2) is 0 Å². The van der Waals surface area contributed by atoms with Crippen LogP contribution in [0.1, 0.15) is 40.0 Å². The Bertz CT molecular complexity index is 919. The summed E-state index contributed by atoms with van der Waals surface area (Å²) in [5.74, 6) is 0.0624. The zero-order valence-electron chi connectivity index (χ0n) is 17.3. The van der Waals surface area contributed by atoms with Crippen molar-refractivity contribution in [3.63, 3.8) is 0 Å². The van der Waals surface area contributed by atoms with Gasteiger partial charge in [0, 0.05) is 25.0 Å². The molecule has 2 heterocycles. The summed E-state index contributed by atoms with van der Waals surface area (Å²) in [6.07, 6.45) is 4.78. The fraction of sp³-hybridized carbons (Fsp3) is 0.364. The molecule has 3 rings (SSSR count). The average Bonchev–Trinajstić information content (AvgIpc) is 2.80. The van der Waals surface area contributed by atoms with Gasteiger partial charge < -0.3 is 25.4 Å². The quantitative estimate of drug-likeness (QED) is 0.681. The van der Waals surface area contributed by atoms with Gasteiger partial charge >= 0.3 is 0 Å². The molecular formula is C22H26N4O5. The van der Waals surface area contributed by atoms with Crippen LogP contribution in [0.25, 0.3) is 0 Å². The molecule has 1 aromatic heterocycles. The van der Waals surface area contributed by atoms with Crippen LogP contribution in [-0.4, -0.2) is 55.6 Å². The average molecular weight is 426 g/mol. The van der Waals surface area contributed by atoms with E-state index in [9.17, 15) is 14.4 Å². The molecule has 0 fully saturated rings. The third kappa shape index (κ3) is 6.18. The first kappa shape index (κ1) is 22.1. The second kappa shape index (κ2) is 11.0. The van der Waals surface area contributed by atoms with E-state index in [2.05, 4.69) is 20.9 Å². The van der Waals surface area contributed by atoms with Crippen molar-refractivity contribution in [1.82, 2.24) is 20.9 Å². The lowest BCUT2D eigenvalue weighted by Gasteiger charge is -2.20. The summed E-state index contributed by atoms with van der Waals surface area (Å²) in [5, 5.41) is 8.42. The molecule has 1 atom stereocenters. The summed E-state index contributed by atoms with van der Waals surface area (Å²) in [5.41, 5.74) is 0.793. The lowest BCUT2D eigenvalue weighted by Crippen LogP contribution is -2.47. The maximum Gasteiger partial charge on any atom is 0.255 e. The topological polar surface area (TPSA) is 119 Å². The SMILES string of the molecule is COc1ccc2c(c1)OCCNC(=O)[C@@H](NC(=O)c1cccnc1)CCCCNC2=O. The number of hydrogen-bond acceptors (Lipinski definition) is 6. The first-order valence-corrected chi connectivity index (χ1v) is 10.2. The van der Waals surface area contributed by atoms with Crippen molar-refractivity contribution in [2.45, 2.75) is 25.3 Å². The van der Waals surface area contributed by atoms with Gasteiger partial charge in [0.05, 0.1) is 24.8 Å². The second-order valence-corrected chi connectivity index (χ2v) is 7.02. The molecule has 0 saturated heterocycles. The van der Waals surface area contributed by atoms with Crippen LogP contribution in [0.15, 0.2) is 42.7 Å². The van der Waals surface area contributed by atoms with Crippen molar-refractivity contribution in [1.29, 1.82) is 0 Å². The Kier molecular flexibility index (Phi) is 7.80. The maximum absolute atomic E-state index is 12.7. The highest BCUT2D eigenvalue weighted by Crippen LogP contribution is 2.25. The van der Waals surface area contributed by atoms with Crippen molar-refractivity contribution in [2.75, 3.05) is 26.8 Å². The predicted molar refractivity (Wildman–Crippen MR) is 113 cm³/mol. The Balaban J connectivity index is 1.68. The normalized spacial score (nSPS) is 17.8. The summed E-state index contributed by atoms with van der Waals surface area (Å²) in [7, 11) is 1.53. The number of amides is 3. The van der Waals surface area contributed by atoms with Gasteiger partial charge in [-0.1, -0.05) is 0 Å². The minimum absolute atomic E-state index is 0.155. The Morgan fingerprint density at radius 2 is 2.06 bits per heavy atom. The summed E-state index contributed by atoms with van der Waals surface area (Å²) in [6, 6.07) is 7.59. The minimum atomic E-state index is -0.696. The smallest absolute Gasteiger partial charge is 0.255 e. The van der Waals surface area contributed by atoms with E-state index in [-0.39, 0.29) is 30.9 Å². The van der Waals surface area contributed by atoms with Gasteiger partial charge in [-0.15, -0.1) is 0 Å². The highest BCUT2D eigenvalue weighted by atomic mass is 16.5. The molecule has 9 nitrogen and oxygen atoms in total. The largest absolute Gasteiger partial charge is 0.497 e. The Hall–Kier alpha value is -3.62. The molecule has 164 valence electrons. The lowest BCUT2D eigenvalue weighted by atomic mass is 10.1.